The molecule has 0 saturated carbocycles. The molecule has 1 aromatic heterocycles. The minimum absolute atomic E-state index is 0.122. The van der Waals surface area contributed by atoms with E-state index < -0.39 is 23.4 Å². The first-order valence-electron chi connectivity index (χ1n) is 7.81. The van der Waals surface area contributed by atoms with Gasteiger partial charge in [-0.05, 0) is 52.3 Å². The number of nitro benzene ring substituents is 1. The Labute approximate surface area is 171 Å². The van der Waals surface area contributed by atoms with Crippen molar-refractivity contribution in [2.75, 3.05) is 11.9 Å². The maximum atomic E-state index is 12.2. The van der Waals surface area contributed by atoms with Gasteiger partial charge in [0.05, 0.1) is 21.7 Å². The third-order valence-corrected chi connectivity index (χ3v) is 4.53. The lowest BCUT2D eigenvalue weighted by molar-refractivity contribution is -0.384. The molecule has 0 bridgehead atoms. The van der Waals surface area contributed by atoms with E-state index in [1.165, 1.54) is 24.3 Å². The van der Waals surface area contributed by atoms with Crippen LogP contribution < -0.4 is 5.32 Å². The van der Waals surface area contributed by atoms with Gasteiger partial charge in [-0.3, -0.25) is 14.9 Å². The molecular formula is C18H11BrClN3O5. The smallest absolute Gasteiger partial charge is 0.338 e. The van der Waals surface area contributed by atoms with Crippen LogP contribution in [0.3, 0.4) is 0 Å². The molecule has 3 rings (SSSR count). The van der Waals surface area contributed by atoms with Crippen LogP contribution in [0, 0.1) is 10.1 Å². The van der Waals surface area contributed by atoms with E-state index in [-0.39, 0.29) is 11.3 Å². The van der Waals surface area contributed by atoms with Crippen LogP contribution in [0.2, 0.25) is 5.15 Å². The highest BCUT2D eigenvalue weighted by atomic mass is 79.9. The molecule has 0 radical (unpaired) electrons. The first kappa shape index (κ1) is 19.7. The van der Waals surface area contributed by atoms with E-state index in [2.05, 4.69) is 26.2 Å². The van der Waals surface area contributed by atoms with Crippen molar-refractivity contribution in [1.29, 1.82) is 0 Å². The Bertz CT molecular complexity index is 1110. The maximum Gasteiger partial charge on any atom is 0.338 e. The number of ether oxygens (including phenoxy) is 1. The average molecular weight is 465 g/mol. The number of amides is 1. The molecule has 1 heterocycles. The molecule has 0 aliphatic rings. The molecule has 10 heteroatoms. The fourth-order valence-corrected chi connectivity index (χ4v) is 2.97. The molecule has 142 valence electrons. The van der Waals surface area contributed by atoms with E-state index >= 15 is 0 Å². The van der Waals surface area contributed by atoms with Crippen molar-refractivity contribution < 1.29 is 19.2 Å². The Kier molecular flexibility index (Phi) is 5.86. The zero-order valence-electron chi connectivity index (χ0n) is 14.0. The third kappa shape index (κ3) is 4.62. The van der Waals surface area contributed by atoms with Crippen LogP contribution >= 0.6 is 27.5 Å². The number of nitro groups is 1. The number of halogens is 2. The highest BCUT2D eigenvalue weighted by molar-refractivity contribution is 9.10. The van der Waals surface area contributed by atoms with E-state index in [4.69, 9.17) is 16.3 Å². The molecule has 0 unspecified atom stereocenters. The molecule has 8 nitrogen and oxygen atoms in total. The number of pyridine rings is 1. The van der Waals surface area contributed by atoms with Crippen LogP contribution in [0.25, 0.3) is 10.9 Å². The summed E-state index contributed by atoms with van der Waals surface area (Å²) >= 11 is 8.97. The SMILES string of the molecule is O=C(COC(=O)c1ccc2nc(Cl)ccc2c1)Nc1ccc([N+](=O)[O-])cc1Br. The lowest BCUT2D eigenvalue weighted by atomic mass is 10.1. The lowest BCUT2D eigenvalue weighted by Crippen LogP contribution is -2.21. The number of benzene rings is 2. The summed E-state index contributed by atoms with van der Waals surface area (Å²) < 4.78 is 5.35. The highest BCUT2D eigenvalue weighted by Gasteiger charge is 2.14. The largest absolute Gasteiger partial charge is 0.452 e. The van der Waals surface area contributed by atoms with Gasteiger partial charge in [-0.25, -0.2) is 9.78 Å². The van der Waals surface area contributed by atoms with Crippen LogP contribution in [-0.2, 0) is 9.53 Å². The molecule has 3 aromatic rings. The van der Waals surface area contributed by atoms with Crippen molar-refractivity contribution in [2.24, 2.45) is 0 Å². The number of anilines is 1. The van der Waals surface area contributed by atoms with Gasteiger partial charge in [0.2, 0.25) is 0 Å². The third-order valence-electron chi connectivity index (χ3n) is 3.66. The van der Waals surface area contributed by atoms with Gasteiger partial charge in [-0.2, -0.15) is 0 Å². The predicted octanol–water partition coefficient (Wildman–Crippen LogP) is 4.35. The minimum atomic E-state index is -0.672. The van der Waals surface area contributed by atoms with Crippen molar-refractivity contribution in [3.05, 3.63) is 73.8 Å². The van der Waals surface area contributed by atoms with Crippen LogP contribution in [0.1, 0.15) is 10.4 Å². The number of fused-ring (bicyclic) bond motifs is 1. The number of rotatable bonds is 5. The predicted molar refractivity (Wildman–Crippen MR) is 106 cm³/mol. The van der Waals surface area contributed by atoms with Crippen molar-refractivity contribution in [1.82, 2.24) is 4.98 Å². The van der Waals surface area contributed by atoms with Gasteiger partial charge in [0.25, 0.3) is 11.6 Å². The fourth-order valence-electron chi connectivity index (χ4n) is 2.35. The summed E-state index contributed by atoms with van der Waals surface area (Å²) in [7, 11) is 0. The second kappa shape index (κ2) is 8.32. The Morgan fingerprint density at radius 3 is 2.68 bits per heavy atom. The molecule has 0 fully saturated rings. The van der Waals surface area contributed by atoms with E-state index in [0.29, 0.717) is 26.2 Å². The molecular weight excluding hydrogens is 454 g/mol. The zero-order chi connectivity index (χ0) is 20.3. The summed E-state index contributed by atoms with van der Waals surface area (Å²) in [5.41, 5.74) is 1.09. The first-order valence-corrected chi connectivity index (χ1v) is 8.98. The molecule has 0 aliphatic heterocycles. The Hall–Kier alpha value is -3.04. The van der Waals surface area contributed by atoms with Crippen LogP contribution in [0.5, 0.6) is 0 Å². The summed E-state index contributed by atoms with van der Waals surface area (Å²) in [6.07, 6.45) is 0. The number of nitrogens with zero attached hydrogens (tertiary/aromatic N) is 2. The number of nitrogens with one attached hydrogen (secondary N) is 1. The van der Waals surface area contributed by atoms with E-state index in [9.17, 15) is 19.7 Å². The highest BCUT2D eigenvalue weighted by Crippen LogP contribution is 2.27. The van der Waals surface area contributed by atoms with Gasteiger partial charge in [0, 0.05) is 22.0 Å². The number of esters is 1. The molecule has 0 aliphatic carbocycles. The van der Waals surface area contributed by atoms with E-state index in [0.717, 1.165) is 0 Å². The lowest BCUT2D eigenvalue weighted by Gasteiger charge is -2.08. The maximum absolute atomic E-state index is 12.2. The molecule has 1 amide bonds. The van der Waals surface area contributed by atoms with Gasteiger partial charge in [0.1, 0.15) is 5.15 Å². The number of hydrogen-bond acceptors (Lipinski definition) is 6. The van der Waals surface area contributed by atoms with Crippen LogP contribution in [0.15, 0.2) is 53.0 Å². The Morgan fingerprint density at radius 1 is 1.18 bits per heavy atom. The standard InChI is InChI=1S/C18H11BrClN3O5/c19-13-8-12(23(26)27)3-5-15(13)22-17(24)9-28-18(25)11-1-4-14-10(7-11)2-6-16(20)21-14/h1-8H,9H2,(H,22,24). The van der Waals surface area contributed by atoms with Crippen LogP contribution in [-0.4, -0.2) is 28.4 Å². The Morgan fingerprint density at radius 2 is 1.96 bits per heavy atom. The molecule has 28 heavy (non-hydrogen) atoms. The minimum Gasteiger partial charge on any atom is -0.452 e. The van der Waals surface area contributed by atoms with E-state index in [1.54, 1.807) is 24.3 Å². The second-order valence-electron chi connectivity index (χ2n) is 5.59. The van der Waals surface area contributed by atoms with Gasteiger partial charge < -0.3 is 10.1 Å². The normalized spacial score (nSPS) is 10.5. The molecule has 0 atom stereocenters. The Balaban J connectivity index is 1.62. The number of aromatic nitrogens is 1. The van der Waals surface area contributed by atoms with Crippen molar-refractivity contribution in [3.63, 3.8) is 0 Å². The molecule has 0 spiro atoms. The molecule has 1 N–H and O–H groups in total. The van der Waals surface area contributed by atoms with Crippen molar-refractivity contribution >= 4 is 61.7 Å². The van der Waals surface area contributed by atoms with Gasteiger partial charge in [-0.15, -0.1) is 0 Å². The summed E-state index contributed by atoms with van der Waals surface area (Å²) in [5.74, 6) is -1.26. The fraction of sp³-hybridized carbons (Fsp3) is 0.0556. The van der Waals surface area contributed by atoms with Crippen molar-refractivity contribution in [3.8, 4) is 0 Å². The van der Waals surface area contributed by atoms with Gasteiger partial charge in [-0.1, -0.05) is 11.6 Å². The molecule has 2 aromatic carbocycles. The summed E-state index contributed by atoms with van der Waals surface area (Å²) in [5, 5.41) is 14.3. The summed E-state index contributed by atoms with van der Waals surface area (Å²) in [6, 6.07) is 12.0. The zero-order valence-corrected chi connectivity index (χ0v) is 16.4. The number of carbonyl (C=O) groups is 2. The number of carbonyl (C=O) groups excluding carboxylic acids is 2. The van der Waals surface area contributed by atoms with Gasteiger partial charge in [0.15, 0.2) is 6.61 Å². The average Bonchev–Trinajstić information content (AvgIpc) is 2.67. The summed E-state index contributed by atoms with van der Waals surface area (Å²) in [6.45, 7) is -0.515. The van der Waals surface area contributed by atoms with Crippen molar-refractivity contribution in [2.45, 2.75) is 0 Å². The van der Waals surface area contributed by atoms with Crippen LogP contribution in [0.4, 0.5) is 11.4 Å². The number of hydrogen-bond donors (Lipinski definition) is 1. The molecule has 0 saturated heterocycles. The summed E-state index contributed by atoms with van der Waals surface area (Å²) in [4.78, 5) is 38.5. The van der Waals surface area contributed by atoms with E-state index in [1.807, 2.05) is 0 Å². The van der Waals surface area contributed by atoms with Gasteiger partial charge >= 0.3 is 5.97 Å². The number of non-ortho nitro benzene ring substituents is 1. The second-order valence-corrected chi connectivity index (χ2v) is 6.83. The first-order chi connectivity index (χ1) is 13.3. The topological polar surface area (TPSA) is 111 Å². The monoisotopic (exact) mass is 463 g/mol. The quantitative estimate of drug-likeness (QED) is 0.260.